The zero-order valence-electron chi connectivity index (χ0n) is 16.0. The summed E-state index contributed by atoms with van der Waals surface area (Å²) in [5.74, 6) is 0.0249. The average Bonchev–Trinajstić information content (AvgIpc) is 2.78. The first-order chi connectivity index (χ1) is 14.6. The second-order valence-electron chi connectivity index (χ2n) is 6.63. The van der Waals surface area contributed by atoms with Crippen LogP contribution in [0.4, 0.5) is 0 Å². The molecule has 2 heterocycles. The van der Waals surface area contributed by atoms with Crippen LogP contribution in [0.25, 0.3) is 34.4 Å². The molecule has 0 bridgehead atoms. The van der Waals surface area contributed by atoms with Gasteiger partial charge in [0.2, 0.25) is 0 Å². The summed E-state index contributed by atoms with van der Waals surface area (Å²) in [4.78, 5) is 37.2. The first-order valence-electron chi connectivity index (χ1n) is 9.39. The Morgan fingerprint density at radius 2 is 1.67 bits per heavy atom. The first kappa shape index (κ1) is 19.2. The van der Waals surface area contributed by atoms with E-state index in [-0.39, 0.29) is 18.5 Å². The van der Waals surface area contributed by atoms with Gasteiger partial charge in [0.25, 0.3) is 5.56 Å². The third kappa shape index (κ3) is 4.15. The standard InChI is InChI=1S/C23H18N4O3/c28-21(29)12-13-27-20(26-19-9-5-4-8-18(19)23(27)30)11-10-16-14-24-22(25-15-16)17-6-2-1-3-7-17/h1-11,14-15H,12-13H2,(H,28,29). The lowest BCUT2D eigenvalue weighted by atomic mass is 10.2. The number of carboxylic acid groups (broad SMARTS) is 1. The van der Waals surface area contributed by atoms with Crippen LogP contribution >= 0.6 is 0 Å². The molecule has 0 radical (unpaired) electrons. The van der Waals surface area contributed by atoms with Gasteiger partial charge in [0.15, 0.2) is 5.82 Å². The number of rotatable bonds is 6. The maximum absolute atomic E-state index is 12.8. The van der Waals surface area contributed by atoms with Gasteiger partial charge in [-0.3, -0.25) is 14.2 Å². The van der Waals surface area contributed by atoms with Crippen molar-refractivity contribution in [3.8, 4) is 11.4 Å². The van der Waals surface area contributed by atoms with E-state index in [9.17, 15) is 9.59 Å². The number of benzene rings is 2. The average molecular weight is 398 g/mol. The van der Waals surface area contributed by atoms with E-state index in [1.54, 1.807) is 48.8 Å². The molecular formula is C23H18N4O3. The Balaban J connectivity index is 1.68. The normalized spacial score (nSPS) is 11.2. The predicted molar refractivity (Wildman–Crippen MR) is 115 cm³/mol. The number of hydrogen-bond acceptors (Lipinski definition) is 5. The number of hydrogen-bond donors (Lipinski definition) is 1. The number of aromatic nitrogens is 4. The van der Waals surface area contributed by atoms with Crippen molar-refractivity contribution in [3.05, 3.63) is 88.7 Å². The van der Waals surface area contributed by atoms with Gasteiger partial charge < -0.3 is 5.11 Å². The van der Waals surface area contributed by atoms with Crippen molar-refractivity contribution in [2.45, 2.75) is 13.0 Å². The minimum Gasteiger partial charge on any atom is -0.481 e. The molecule has 148 valence electrons. The summed E-state index contributed by atoms with van der Waals surface area (Å²) in [5, 5.41) is 9.48. The van der Waals surface area contributed by atoms with Crippen molar-refractivity contribution in [2.75, 3.05) is 0 Å². The summed E-state index contributed by atoms with van der Waals surface area (Å²) in [6, 6.07) is 16.7. The fourth-order valence-electron chi connectivity index (χ4n) is 3.07. The molecule has 2 aromatic carbocycles. The van der Waals surface area contributed by atoms with Gasteiger partial charge in [-0.05, 0) is 24.3 Å². The van der Waals surface area contributed by atoms with Crippen LogP contribution in [0.2, 0.25) is 0 Å². The van der Waals surface area contributed by atoms with Gasteiger partial charge in [-0.2, -0.15) is 0 Å². The van der Waals surface area contributed by atoms with Gasteiger partial charge in [0.05, 0.1) is 17.3 Å². The van der Waals surface area contributed by atoms with Crippen LogP contribution < -0.4 is 5.56 Å². The van der Waals surface area contributed by atoms with E-state index in [4.69, 9.17) is 5.11 Å². The number of aliphatic carboxylic acids is 1. The van der Waals surface area contributed by atoms with Gasteiger partial charge in [0.1, 0.15) is 5.82 Å². The van der Waals surface area contributed by atoms with Gasteiger partial charge >= 0.3 is 5.97 Å². The van der Waals surface area contributed by atoms with E-state index in [0.717, 1.165) is 11.1 Å². The zero-order valence-corrected chi connectivity index (χ0v) is 16.0. The molecule has 30 heavy (non-hydrogen) atoms. The Bertz CT molecular complexity index is 1280. The second-order valence-corrected chi connectivity index (χ2v) is 6.63. The van der Waals surface area contributed by atoms with E-state index >= 15 is 0 Å². The highest BCUT2D eigenvalue weighted by Crippen LogP contribution is 2.15. The third-order valence-electron chi connectivity index (χ3n) is 4.57. The van der Waals surface area contributed by atoms with Gasteiger partial charge in [0, 0.05) is 30.1 Å². The molecular weight excluding hydrogens is 380 g/mol. The molecule has 0 unspecified atom stereocenters. The molecule has 0 saturated carbocycles. The Morgan fingerprint density at radius 1 is 0.967 bits per heavy atom. The van der Waals surface area contributed by atoms with E-state index < -0.39 is 5.97 Å². The first-order valence-corrected chi connectivity index (χ1v) is 9.39. The van der Waals surface area contributed by atoms with Crippen LogP contribution in [0.5, 0.6) is 0 Å². The highest BCUT2D eigenvalue weighted by molar-refractivity contribution is 5.79. The zero-order chi connectivity index (χ0) is 20.9. The van der Waals surface area contributed by atoms with Crippen LogP contribution in [0.15, 0.2) is 71.8 Å². The van der Waals surface area contributed by atoms with Crippen LogP contribution in [-0.4, -0.2) is 30.6 Å². The van der Waals surface area contributed by atoms with Gasteiger partial charge in [-0.1, -0.05) is 42.5 Å². The van der Waals surface area contributed by atoms with Crippen molar-refractivity contribution < 1.29 is 9.90 Å². The molecule has 7 nitrogen and oxygen atoms in total. The van der Waals surface area contributed by atoms with E-state index in [1.807, 2.05) is 30.3 Å². The Morgan fingerprint density at radius 3 is 2.40 bits per heavy atom. The molecule has 0 atom stereocenters. The summed E-state index contributed by atoms with van der Waals surface area (Å²) < 4.78 is 1.38. The fraction of sp³-hybridized carbons (Fsp3) is 0.0870. The van der Waals surface area contributed by atoms with E-state index in [1.165, 1.54) is 4.57 Å². The SMILES string of the molecule is O=C(O)CCn1c(C=Cc2cnc(-c3ccccc3)nc2)nc2ccccc2c1=O. The lowest BCUT2D eigenvalue weighted by Gasteiger charge is -2.10. The molecule has 0 aliphatic heterocycles. The number of carbonyl (C=O) groups is 1. The van der Waals surface area contributed by atoms with Crippen LogP contribution in [0.3, 0.4) is 0 Å². The van der Waals surface area contributed by atoms with Gasteiger partial charge in [-0.15, -0.1) is 0 Å². The highest BCUT2D eigenvalue weighted by atomic mass is 16.4. The molecule has 0 amide bonds. The summed E-state index contributed by atoms with van der Waals surface area (Å²) in [6.07, 6.45) is 6.63. The van der Waals surface area contributed by atoms with Crippen LogP contribution in [0.1, 0.15) is 17.8 Å². The van der Waals surface area contributed by atoms with Crippen LogP contribution in [0, 0.1) is 0 Å². The third-order valence-corrected chi connectivity index (χ3v) is 4.57. The topological polar surface area (TPSA) is 98.0 Å². The lowest BCUT2D eigenvalue weighted by Crippen LogP contribution is -2.25. The van der Waals surface area contributed by atoms with E-state index in [0.29, 0.717) is 22.6 Å². The Kier molecular flexibility index (Phi) is 5.43. The Hall–Kier alpha value is -4.13. The minimum atomic E-state index is -0.977. The monoisotopic (exact) mass is 398 g/mol. The van der Waals surface area contributed by atoms with Crippen molar-refractivity contribution in [1.29, 1.82) is 0 Å². The molecule has 7 heteroatoms. The minimum absolute atomic E-state index is 0.0368. The number of fused-ring (bicyclic) bond motifs is 1. The maximum Gasteiger partial charge on any atom is 0.305 e. The lowest BCUT2D eigenvalue weighted by molar-refractivity contribution is -0.137. The molecule has 4 aromatic rings. The molecule has 0 spiro atoms. The predicted octanol–water partition coefficient (Wildman–Crippen LogP) is 3.50. The summed E-state index contributed by atoms with van der Waals surface area (Å²) >= 11 is 0. The molecule has 0 aliphatic carbocycles. The fourth-order valence-corrected chi connectivity index (χ4v) is 3.07. The molecule has 2 aromatic heterocycles. The molecule has 0 aliphatic rings. The van der Waals surface area contributed by atoms with E-state index in [2.05, 4.69) is 15.0 Å². The quantitative estimate of drug-likeness (QED) is 0.534. The summed E-state index contributed by atoms with van der Waals surface area (Å²) in [5.41, 5.74) is 1.95. The summed E-state index contributed by atoms with van der Waals surface area (Å²) in [6.45, 7) is 0.0368. The van der Waals surface area contributed by atoms with Crippen molar-refractivity contribution >= 4 is 29.0 Å². The molecule has 1 N–H and O–H groups in total. The molecule has 0 saturated heterocycles. The number of nitrogens with zero attached hydrogens (tertiary/aromatic N) is 4. The summed E-state index contributed by atoms with van der Waals surface area (Å²) in [7, 11) is 0. The molecule has 0 fully saturated rings. The van der Waals surface area contributed by atoms with Crippen LogP contribution in [-0.2, 0) is 11.3 Å². The highest BCUT2D eigenvalue weighted by Gasteiger charge is 2.10. The number of carboxylic acids is 1. The second kappa shape index (κ2) is 8.48. The number of para-hydroxylation sites is 1. The Labute approximate surface area is 172 Å². The van der Waals surface area contributed by atoms with Crippen molar-refractivity contribution in [3.63, 3.8) is 0 Å². The smallest absolute Gasteiger partial charge is 0.305 e. The molecule has 4 rings (SSSR count). The van der Waals surface area contributed by atoms with Crippen molar-refractivity contribution in [2.24, 2.45) is 0 Å². The largest absolute Gasteiger partial charge is 0.481 e. The maximum atomic E-state index is 12.8. The van der Waals surface area contributed by atoms with Gasteiger partial charge in [-0.25, -0.2) is 15.0 Å². The van der Waals surface area contributed by atoms with Crippen molar-refractivity contribution in [1.82, 2.24) is 19.5 Å².